The van der Waals surface area contributed by atoms with Gasteiger partial charge in [-0.25, -0.2) is 4.98 Å². The zero-order chi connectivity index (χ0) is 19.4. The van der Waals surface area contributed by atoms with E-state index in [1.807, 2.05) is 37.3 Å². The number of carbonyl (C=O) groups is 1. The van der Waals surface area contributed by atoms with E-state index in [4.69, 9.17) is 23.2 Å². The van der Waals surface area contributed by atoms with Crippen LogP contribution in [0.5, 0.6) is 0 Å². The van der Waals surface area contributed by atoms with Gasteiger partial charge in [0.2, 0.25) is 11.9 Å². The van der Waals surface area contributed by atoms with Crippen LogP contribution in [0.3, 0.4) is 0 Å². The molecular weight excluding hydrogens is 397 g/mol. The van der Waals surface area contributed by atoms with Gasteiger partial charge in [-0.1, -0.05) is 41.4 Å². The van der Waals surface area contributed by atoms with Crippen LogP contribution in [0.4, 0.5) is 5.82 Å². The number of aromatic amines is 1. The number of anilines is 1. The first-order chi connectivity index (χ1) is 13.5. The molecule has 0 bridgehead atoms. The lowest BCUT2D eigenvalue weighted by Gasteiger charge is -2.24. The van der Waals surface area contributed by atoms with Gasteiger partial charge in [-0.2, -0.15) is 9.78 Å². The molecule has 1 aliphatic rings. The van der Waals surface area contributed by atoms with Crippen LogP contribution in [0.25, 0.3) is 17.0 Å². The molecule has 0 aliphatic carbocycles. The van der Waals surface area contributed by atoms with E-state index in [1.54, 1.807) is 16.8 Å². The maximum absolute atomic E-state index is 12.5. The molecule has 1 amide bonds. The molecular formula is C20H15Cl2N5O. The number of fused-ring (bicyclic) bond motifs is 2. The SMILES string of the molecule is Cc1nn(-c2nc3ccccc3[nH]2)c2c1C(c1ccc(Cl)cc1Cl)CC(=O)N2. The summed E-state index contributed by atoms with van der Waals surface area (Å²) in [7, 11) is 0. The zero-order valence-corrected chi connectivity index (χ0v) is 16.3. The van der Waals surface area contributed by atoms with Crippen molar-refractivity contribution in [1.82, 2.24) is 19.7 Å². The first-order valence-electron chi connectivity index (χ1n) is 8.80. The summed E-state index contributed by atoms with van der Waals surface area (Å²) in [6.45, 7) is 1.92. The van der Waals surface area contributed by atoms with Gasteiger partial charge in [-0.15, -0.1) is 0 Å². The second-order valence-corrected chi connectivity index (χ2v) is 7.65. The molecule has 4 aromatic rings. The molecule has 0 fully saturated rings. The van der Waals surface area contributed by atoms with E-state index < -0.39 is 0 Å². The summed E-state index contributed by atoms with van der Waals surface area (Å²) in [5.74, 6) is 0.866. The number of imidazole rings is 1. The van der Waals surface area contributed by atoms with E-state index in [-0.39, 0.29) is 11.8 Å². The van der Waals surface area contributed by atoms with Crippen LogP contribution in [0.15, 0.2) is 42.5 Å². The topological polar surface area (TPSA) is 75.6 Å². The first kappa shape index (κ1) is 17.3. The third-order valence-electron chi connectivity index (χ3n) is 5.02. The van der Waals surface area contributed by atoms with Gasteiger partial charge < -0.3 is 10.3 Å². The summed E-state index contributed by atoms with van der Waals surface area (Å²) in [5, 5.41) is 8.70. The standard InChI is InChI=1S/C20H15Cl2N5O/c1-10-18-13(12-7-6-11(21)8-14(12)22)9-17(28)25-19(18)27(26-10)20-23-15-4-2-3-5-16(15)24-20/h2-8,13H,9H2,1H3,(H,23,24)(H,25,28). The molecule has 1 aliphatic heterocycles. The third kappa shape index (κ3) is 2.68. The maximum atomic E-state index is 12.5. The highest BCUT2D eigenvalue weighted by Crippen LogP contribution is 2.42. The number of H-pyrrole nitrogens is 1. The monoisotopic (exact) mass is 411 g/mol. The van der Waals surface area contributed by atoms with E-state index in [9.17, 15) is 4.79 Å². The van der Waals surface area contributed by atoms with Crippen LogP contribution in [0.1, 0.15) is 29.2 Å². The van der Waals surface area contributed by atoms with Crippen molar-refractivity contribution in [3.8, 4) is 5.95 Å². The third-order valence-corrected chi connectivity index (χ3v) is 5.58. The van der Waals surface area contributed by atoms with Crippen LogP contribution >= 0.6 is 23.2 Å². The van der Waals surface area contributed by atoms with E-state index in [0.717, 1.165) is 27.9 Å². The second-order valence-electron chi connectivity index (χ2n) is 6.81. The number of nitrogens with zero attached hydrogens (tertiary/aromatic N) is 3. The Bertz CT molecular complexity index is 1210. The maximum Gasteiger partial charge on any atom is 0.231 e. The number of aryl methyl sites for hydroxylation is 1. The molecule has 2 aromatic carbocycles. The lowest BCUT2D eigenvalue weighted by atomic mass is 9.86. The molecule has 5 rings (SSSR count). The Morgan fingerprint density at radius 1 is 1.18 bits per heavy atom. The van der Waals surface area contributed by atoms with Gasteiger partial charge in [-0.3, -0.25) is 4.79 Å². The molecule has 0 saturated heterocycles. The summed E-state index contributed by atoms with van der Waals surface area (Å²) in [5.41, 5.74) is 4.34. The molecule has 1 unspecified atom stereocenters. The number of carbonyl (C=O) groups excluding carboxylic acids is 1. The highest BCUT2D eigenvalue weighted by molar-refractivity contribution is 6.35. The normalized spacial score (nSPS) is 16.2. The number of hydrogen-bond acceptors (Lipinski definition) is 3. The van der Waals surface area contributed by atoms with Crippen molar-refractivity contribution in [2.75, 3.05) is 5.32 Å². The van der Waals surface area contributed by atoms with Gasteiger partial charge in [0.05, 0.1) is 16.7 Å². The average Bonchev–Trinajstić information content (AvgIpc) is 3.22. The Morgan fingerprint density at radius 3 is 2.79 bits per heavy atom. The summed E-state index contributed by atoms with van der Waals surface area (Å²) in [4.78, 5) is 20.4. The first-order valence-corrected chi connectivity index (χ1v) is 9.56. The molecule has 2 aromatic heterocycles. The van der Waals surface area contributed by atoms with Crippen molar-refractivity contribution in [3.63, 3.8) is 0 Å². The lowest BCUT2D eigenvalue weighted by molar-refractivity contribution is -0.116. The number of amides is 1. The summed E-state index contributed by atoms with van der Waals surface area (Å²) in [6, 6.07) is 13.1. The summed E-state index contributed by atoms with van der Waals surface area (Å²) < 4.78 is 1.65. The van der Waals surface area contributed by atoms with Gasteiger partial charge in [0.1, 0.15) is 5.82 Å². The van der Waals surface area contributed by atoms with Crippen molar-refractivity contribution in [2.24, 2.45) is 0 Å². The second kappa shape index (κ2) is 6.36. The fraction of sp³-hybridized carbons (Fsp3) is 0.150. The molecule has 1 atom stereocenters. The van der Waals surface area contributed by atoms with Gasteiger partial charge in [0, 0.05) is 27.9 Å². The van der Waals surface area contributed by atoms with Crippen molar-refractivity contribution in [3.05, 3.63) is 69.3 Å². The van der Waals surface area contributed by atoms with Gasteiger partial charge >= 0.3 is 0 Å². The molecule has 3 heterocycles. The Hall–Kier alpha value is -2.83. The Morgan fingerprint density at radius 2 is 2.00 bits per heavy atom. The number of nitrogens with one attached hydrogen (secondary N) is 2. The lowest BCUT2D eigenvalue weighted by Crippen LogP contribution is -2.25. The average molecular weight is 412 g/mol. The smallest absolute Gasteiger partial charge is 0.231 e. The minimum Gasteiger partial charge on any atom is -0.322 e. The van der Waals surface area contributed by atoms with E-state index in [0.29, 0.717) is 28.2 Å². The predicted octanol–water partition coefficient (Wildman–Crippen LogP) is 4.84. The van der Waals surface area contributed by atoms with Crippen LogP contribution in [0, 0.1) is 6.92 Å². The summed E-state index contributed by atoms with van der Waals surface area (Å²) in [6.07, 6.45) is 0.293. The number of aromatic nitrogens is 4. The fourth-order valence-corrected chi connectivity index (χ4v) is 4.33. The Labute approximate surface area is 170 Å². The quantitative estimate of drug-likeness (QED) is 0.495. The number of halogens is 2. The highest BCUT2D eigenvalue weighted by Gasteiger charge is 2.34. The van der Waals surface area contributed by atoms with Crippen LogP contribution in [0.2, 0.25) is 10.0 Å². The van der Waals surface area contributed by atoms with Crippen molar-refractivity contribution >= 4 is 46.0 Å². The van der Waals surface area contributed by atoms with E-state index in [2.05, 4.69) is 20.4 Å². The number of benzene rings is 2. The molecule has 0 radical (unpaired) electrons. The van der Waals surface area contributed by atoms with Gasteiger partial charge in [0.15, 0.2) is 0 Å². The molecule has 140 valence electrons. The van der Waals surface area contributed by atoms with Crippen LogP contribution < -0.4 is 5.32 Å². The van der Waals surface area contributed by atoms with Crippen molar-refractivity contribution in [2.45, 2.75) is 19.3 Å². The number of rotatable bonds is 2. The van der Waals surface area contributed by atoms with Gasteiger partial charge in [0.25, 0.3) is 0 Å². The molecule has 0 spiro atoms. The van der Waals surface area contributed by atoms with Crippen LogP contribution in [-0.4, -0.2) is 25.7 Å². The molecule has 2 N–H and O–H groups in total. The Balaban J connectivity index is 1.69. The predicted molar refractivity (Wildman–Crippen MR) is 110 cm³/mol. The number of para-hydroxylation sites is 2. The minimum absolute atomic E-state index is 0.0965. The molecule has 6 nitrogen and oxygen atoms in total. The van der Waals surface area contributed by atoms with Crippen molar-refractivity contribution < 1.29 is 4.79 Å². The largest absolute Gasteiger partial charge is 0.322 e. The Kier molecular flexibility index (Phi) is 3.92. The van der Waals surface area contributed by atoms with E-state index >= 15 is 0 Å². The minimum atomic E-state index is -0.202. The fourth-order valence-electron chi connectivity index (χ4n) is 3.79. The van der Waals surface area contributed by atoms with Gasteiger partial charge in [-0.05, 0) is 36.8 Å². The summed E-state index contributed by atoms with van der Waals surface area (Å²) >= 11 is 12.5. The van der Waals surface area contributed by atoms with Crippen LogP contribution in [-0.2, 0) is 4.79 Å². The zero-order valence-electron chi connectivity index (χ0n) is 14.8. The molecule has 8 heteroatoms. The highest BCUT2D eigenvalue weighted by atomic mass is 35.5. The number of hydrogen-bond donors (Lipinski definition) is 2. The van der Waals surface area contributed by atoms with E-state index in [1.165, 1.54) is 0 Å². The molecule has 28 heavy (non-hydrogen) atoms. The molecule has 0 saturated carbocycles. The van der Waals surface area contributed by atoms with Crippen molar-refractivity contribution in [1.29, 1.82) is 0 Å².